The van der Waals surface area contributed by atoms with Crippen molar-refractivity contribution in [3.63, 3.8) is 0 Å². The minimum Gasteiger partial charge on any atom is -0.496 e. The topological polar surface area (TPSA) is 71.6 Å². The van der Waals surface area contributed by atoms with Gasteiger partial charge in [0.2, 0.25) is 5.91 Å². The zero-order valence-electron chi connectivity index (χ0n) is 20.1. The van der Waals surface area contributed by atoms with E-state index < -0.39 is 0 Å². The number of likely N-dealkylation sites (N-methyl/N-ethyl adjacent to an activating group) is 1. The van der Waals surface area contributed by atoms with Crippen molar-refractivity contribution < 1.29 is 23.8 Å². The van der Waals surface area contributed by atoms with E-state index in [1.54, 1.807) is 23.1 Å². The minimum absolute atomic E-state index is 0.00412. The van der Waals surface area contributed by atoms with E-state index in [1.807, 2.05) is 0 Å². The fourth-order valence-electron chi connectivity index (χ4n) is 3.99. The predicted octanol–water partition coefficient (Wildman–Crippen LogP) is 2.09. The molecule has 0 radical (unpaired) electrons. The van der Waals surface area contributed by atoms with Gasteiger partial charge in [-0.3, -0.25) is 14.5 Å². The number of methoxy groups -OCH3 is 1. The molecular formula is C25H37N3O5. The molecule has 182 valence electrons. The third-order valence-electron chi connectivity index (χ3n) is 6.09. The van der Waals surface area contributed by atoms with Gasteiger partial charge in [-0.2, -0.15) is 0 Å². The molecule has 8 nitrogen and oxygen atoms in total. The number of carbonyl (C=O) groups is 2. The number of amides is 1. The van der Waals surface area contributed by atoms with E-state index in [0.29, 0.717) is 43.4 Å². The quantitative estimate of drug-likeness (QED) is 0.301. The van der Waals surface area contributed by atoms with E-state index in [4.69, 9.17) is 14.2 Å². The van der Waals surface area contributed by atoms with E-state index in [-0.39, 0.29) is 17.8 Å². The summed E-state index contributed by atoms with van der Waals surface area (Å²) < 4.78 is 16.9. The lowest BCUT2D eigenvalue weighted by Crippen LogP contribution is -2.52. The van der Waals surface area contributed by atoms with Gasteiger partial charge in [0, 0.05) is 58.0 Å². The lowest BCUT2D eigenvalue weighted by Gasteiger charge is -2.38. The largest absolute Gasteiger partial charge is 0.496 e. The molecule has 2 heterocycles. The monoisotopic (exact) mass is 459 g/mol. The Morgan fingerprint density at radius 1 is 1.15 bits per heavy atom. The number of rotatable bonds is 10. The lowest BCUT2D eigenvalue weighted by molar-refractivity contribution is -0.134. The van der Waals surface area contributed by atoms with Crippen molar-refractivity contribution in [1.29, 1.82) is 0 Å². The Hall–Kier alpha value is -2.42. The zero-order valence-corrected chi connectivity index (χ0v) is 20.1. The Morgan fingerprint density at radius 2 is 1.94 bits per heavy atom. The highest BCUT2D eigenvalue weighted by Gasteiger charge is 2.26. The summed E-state index contributed by atoms with van der Waals surface area (Å²) in [6.07, 6.45) is 4.68. The van der Waals surface area contributed by atoms with Gasteiger partial charge in [0.05, 0.1) is 32.0 Å². The highest BCUT2D eigenvalue weighted by Crippen LogP contribution is 2.25. The third kappa shape index (κ3) is 7.55. The molecule has 1 aromatic rings. The van der Waals surface area contributed by atoms with Crippen LogP contribution in [0.15, 0.2) is 30.4 Å². The van der Waals surface area contributed by atoms with Crippen molar-refractivity contribution in [2.24, 2.45) is 0 Å². The number of ether oxygens (including phenoxy) is 3. The molecule has 0 aliphatic carbocycles. The van der Waals surface area contributed by atoms with Crippen LogP contribution in [-0.2, 0) is 9.53 Å². The van der Waals surface area contributed by atoms with Gasteiger partial charge in [-0.25, -0.2) is 0 Å². The maximum absolute atomic E-state index is 12.7. The summed E-state index contributed by atoms with van der Waals surface area (Å²) in [7, 11) is 3.65. The molecule has 1 unspecified atom stereocenters. The first-order valence-corrected chi connectivity index (χ1v) is 11.8. The molecule has 0 saturated carbocycles. The predicted molar refractivity (Wildman–Crippen MR) is 127 cm³/mol. The van der Waals surface area contributed by atoms with Gasteiger partial charge < -0.3 is 24.0 Å². The average molecular weight is 460 g/mol. The summed E-state index contributed by atoms with van der Waals surface area (Å²) in [5, 5.41) is 0. The molecule has 8 heteroatoms. The number of nitrogens with zero attached hydrogens (tertiary/aromatic N) is 3. The number of hydrogen-bond acceptors (Lipinski definition) is 7. The Bertz CT molecular complexity index is 820. The normalized spacial score (nSPS) is 20.2. The van der Waals surface area contributed by atoms with Gasteiger partial charge in [0.1, 0.15) is 11.5 Å². The van der Waals surface area contributed by atoms with Crippen molar-refractivity contribution in [2.75, 3.05) is 73.2 Å². The number of allylic oxidation sites excluding steroid dienone is 1. The number of hydrogen-bond donors (Lipinski definition) is 0. The molecule has 2 saturated heterocycles. The molecule has 2 fully saturated rings. The van der Waals surface area contributed by atoms with Gasteiger partial charge in [-0.15, -0.1) is 0 Å². The number of benzene rings is 1. The van der Waals surface area contributed by atoms with Crippen LogP contribution >= 0.6 is 0 Å². The first-order chi connectivity index (χ1) is 16.0. The van der Waals surface area contributed by atoms with Crippen molar-refractivity contribution in [1.82, 2.24) is 14.7 Å². The summed E-state index contributed by atoms with van der Waals surface area (Å²) in [4.78, 5) is 31.9. The summed E-state index contributed by atoms with van der Waals surface area (Å²) in [6.45, 7) is 9.27. The fourth-order valence-corrected chi connectivity index (χ4v) is 3.99. The van der Waals surface area contributed by atoms with Crippen LogP contribution in [0.3, 0.4) is 0 Å². The van der Waals surface area contributed by atoms with E-state index in [1.165, 1.54) is 19.3 Å². The Labute approximate surface area is 197 Å². The summed E-state index contributed by atoms with van der Waals surface area (Å²) in [5.41, 5.74) is 0.402. The lowest BCUT2D eigenvalue weighted by atomic mass is 10.1. The molecule has 0 bridgehead atoms. The van der Waals surface area contributed by atoms with Crippen molar-refractivity contribution in [3.8, 4) is 11.5 Å². The van der Waals surface area contributed by atoms with E-state index in [9.17, 15) is 9.59 Å². The van der Waals surface area contributed by atoms with Crippen LogP contribution in [0.5, 0.6) is 11.5 Å². The molecule has 33 heavy (non-hydrogen) atoms. The molecule has 0 spiro atoms. The Kier molecular flexibility index (Phi) is 9.72. The minimum atomic E-state index is -0.275. The van der Waals surface area contributed by atoms with Gasteiger partial charge in [0.25, 0.3) is 0 Å². The molecule has 1 atom stereocenters. The maximum atomic E-state index is 12.7. The average Bonchev–Trinajstić information content (AvgIpc) is 2.84. The van der Waals surface area contributed by atoms with Crippen LogP contribution in [0.1, 0.15) is 30.1 Å². The SMILES string of the molecule is CCCCOc1ccc(C(=O)C=CC(=O)N2CCOC(CN3CCN(C)CC3)C2)c(OC)c1. The van der Waals surface area contributed by atoms with Crippen LogP contribution in [0.2, 0.25) is 0 Å². The van der Waals surface area contributed by atoms with Crippen LogP contribution in [0.25, 0.3) is 0 Å². The first-order valence-electron chi connectivity index (χ1n) is 11.8. The number of unbranched alkanes of at least 4 members (excludes halogenated alkanes) is 1. The molecule has 1 aromatic carbocycles. The van der Waals surface area contributed by atoms with Crippen LogP contribution in [-0.4, -0.2) is 106 Å². The maximum Gasteiger partial charge on any atom is 0.246 e. The molecule has 1 amide bonds. The highest BCUT2D eigenvalue weighted by atomic mass is 16.5. The van der Waals surface area contributed by atoms with Crippen molar-refractivity contribution >= 4 is 11.7 Å². The molecule has 3 rings (SSSR count). The molecular weight excluding hydrogens is 422 g/mol. The van der Waals surface area contributed by atoms with Crippen molar-refractivity contribution in [3.05, 3.63) is 35.9 Å². The standard InChI is InChI=1S/C25H37N3O5/c1-4-5-15-32-20-6-7-22(24(17-20)31-3)23(29)8-9-25(30)28-14-16-33-21(19-28)18-27-12-10-26(2)11-13-27/h6-9,17,21H,4-5,10-16,18-19H2,1-3H3. The summed E-state index contributed by atoms with van der Waals surface area (Å²) in [6, 6.07) is 5.15. The van der Waals surface area contributed by atoms with Crippen molar-refractivity contribution in [2.45, 2.75) is 25.9 Å². The number of morpholine rings is 1. The van der Waals surface area contributed by atoms with E-state index in [0.717, 1.165) is 45.6 Å². The molecule has 0 N–H and O–H groups in total. The van der Waals surface area contributed by atoms with Gasteiger partial charge in [-0.05, 0) is 31.7 Å². The fraction of sp³-hybridized carbons (Fsp3) is 0.600. The Morgan fingerprint density at radius 3 is 2.67 bits per heavy atom. The number of ketones is 1. The number of carbonyl (C=O) groups excluding carboxylic acids is 2. The molecule has 2 aliphatic rings. The zero-order chi connectivity index (χ0) is 23.6. The number of piperazine rings is 1. The summed E-state index contributed by atoms with van der Waals surface area (Å²) in [5.74, 6) is 0.650. The molecule has 2 aliphatic heterocycles. The van der Waals surface area contributed by atoms with E-state index >= 15 is 0 Å². The second kappa shape index (κ2) is 12.7. The Balaban J connectivity index is 1.54. The third-order valence-corrected chi connectivity index (χ3v) is 6.09. The van der Waals surface area contributed by atoms with Crippen LogP contribution in [0, 0.1) is 0 Å². The van der Waals surface area contributed by atoms with Crippen LogP contribution < -0.4 is 9.47 Å². The smallest absolute Gasteiger partial charge is 0.246 e. The second-order valence-corrected chi connectivity index (χ2v) is 8.64. The van der Waals surface area contributed by atoms with Gasteiger partial charge >= 0.3 is 0 Å². The van der Waals surface area contributed by atoms with Gasteiger partial charge in [-0.1, -0.05) is 13.3 Å². The summed E-state index contributed by atoms with van der Waals surface area (Å²) >= 11 is 0. The van der Waals surface area contributed by atoms with Crippen LogP contribution in [0.4, 0.5) is 0 Å². The molecule has 0 aromatic heterocycles. The first kappa shape index (κ1) is 25.2. The highest BCUT2D eigenvalue weighted by molar-refractivity contribution is 6.09. The second-order valence-electron chi connectivity index (χ2n) is 8.64. The van der Waals surface area contributed by atoms with E-state index in [2.05, 4.69) is 23.8 Å². The van der Waals surface area contributed by atoms with Gasteiger partial charge in [0.15, 0.2) is 5.78 Å².